The van der Waals surface area contributed by atoms with Crippen LogP contribution in [0, 0.1) is 17.0 Å². The van der Waals surface area contributed by atoms with Gasteiger partial charge >= 0.3 is 0 Å². The van der Waals surface area contributed by atoms with Crippen LogP contribution in [0.25, 0.3) is 11.3 Å². The number of carbonyl (C=O) groups excluding carboxylic acids is 1. The van der Waals surface area contributed by atoms with Crippen molar-refractivity contribution in [1.82, 2.24) is 10.3 Å². The summed E-state index contributed by atoms with van der Waals surface area (Å²) in [5.74, 6) is -0.109. The van der Waals surface area contributed by atoms with Crippen molar-refractivity contribution in [2.45, 2.75) is 20.0 Å². The number of thiazole rings is 1. The quantitative estimate of drug-likeness (QED) is 0.267. The smallest absolute Gasteiger partial charge is 0.270 e. The monoisotopic (exact) mass is 472 g/mol. The average molecular weight is 473 g/mol. The van der Waals surface area contributed by atoms with E-state index in [1.165, 1.54) is 29.0 Å². The highest BCUT2D eigenvalue weighted by Crippen LogP contribution is 2.29. The Morgan fingerprint density at radius 3 is 2.47 bits per heavy atom. The predicted molar refractivity (Wildman–Crippen MR) is 135 cm³/mol. The fourth-order valence-corrected chi connectivity index (χ4v) is 4.25. The largest absolute Gasteiger partial charge is 0.348 e. The van der Waals surface area contributed by atoms with E-state index in [1.54, 1.807) is 6.07 Å². The van der Waals surface area contributed by atoms with Crippen LogP contribution >= 0.6 is 11.3 Å². The average Bonchev–Trinajstić information content (AvgIpc) is 3.35. The van der Waals surface area contributed by atoms with Gasteiger partial charge in [0.2, 0.25) is 0 Å². The molecule has 3 aromatic carbocycles. The normalized spacial score (nSPS) is 10.6. The maximum absolute atomic E-state index is 12.5. The Morgan fingerprint density at radius 2 is 1.76 bits per heavy atom. The summed E-state index contributed by atoms with van der Waals surface area (Å²) in [7, 11) is 1.94. The van der Waals surface area contributed by atoms with Crippen LogP contribution in [0.4, 0.5) is 10.8 Å². The predicted octanol–water partition coefficient (Wildman–Crippen LogP) is 5.59. The third-order valence-electron chi connectivity index (χ3n) is 5.38. The fourth-order valence-electron chi connectivity index (χ4n) is 3.44. The summed E-state index contributed by atoms with van der Waals surface area (Å²) in [5, 5.41) is 16.7. The van der Waals surface area contributed by atoms with Crippen LogP contribution in [-0.4, -0.2) is 22.9 Å². The maximum atomic E-state index is 12.5. The molecule has 1 heterocycles. The van der Waals surface area contributed by atoms with Gasteiger partial charge in [-0.1, -0.05) is 54.1 Å². The van der Waals surface area contributed by atoms with Crippen molar-refractivity contribution >= 4 is 28.1 Å². The van der Waals surface area contributed by atoms with Crippen molar-refractivity contribution in [3.05, 3.63) is 111 Å². The summed E-state index contributed by atoms with van der Waals surface area (Å²) in [6.07, 6.45) is 0. The van der Waals surface area contributed by atoms with Crippen molar-refractivity contribution < 1.29 is 9.72 Å². The van der Waals surface area contributed by atoms with E-state index in [4.69, 9.17) is 0 Å². The van der Waals surface area contributed by atoms with Gasteiger partial charge in [0.15, 0.2) is 5.13 Å². The first-order chi connectivity index (χ1) is 16.4. The summed E-state index contributed by atoms with van der Waals surface area (Å²) in [5.41, 5.74) is 5.37. The molecule has 34 heavy (non-hydrogen) atoms. The van der Waals surface area contributed by atoms with E-state index in [0.717, 1.165) is 16.3 Å². The number of nitro groups is 1. The van der Waals surface area contributed by atoms with Crippen LogP contribution in [0.2, 0.25) is 0 Å². The standard InChI is InChI=1S/C26H24N4O3S/c1-18-6-8-19(9-7-18)15-27-25(31)21-12-10-20(11-13-21)16-29(2)26-28-24(17-34-26)22-4-3-5-23(14-22)30(32)33/h3-14,17H,15-16H2,1-2H3,(H,27,31). The third-order valence-corrected chi connectivity index (χ3v) is 6.34. The van der Waals surface area contributed by atoms with Gasteiger partial charge < -0.3 is 10.2 Å². The number of non-ortho nitro benzene ring substituents is 1. The van der Waals surface area contributed by atoms with Crippen LogP contribution in [0.15, 0.2) is 78.2 Å². The number of nitrogens with zero attached hydrogens (tertiary/aromatic N) is 3. The fraction of sp³-hybridized carbons (Fsp3) is 0.154. The Labute approximate surface area is 201 Å². The summed E-state index contributed by atoms with van der Waals surface area (Å²) < 4.78 is 0. The Morgan fingerprint density at radius 1 is 1.06 bits per heavy atom. The van der Waals surface area contributed by atoms with E-state index in [9.17, 15) is 14.9 Å². The SMILES string of the molecule is Cc1ccc(CNC(=O)c2ccc(CN(C)c3nc(-c4cccc([N+](=O)[O-])c4)cs3)cc2)cc1. The zero-order chi connectivity index (χ0) is 24.1. The van der Waals surface area contributed by atoms with E-state index in [1.807, 2.05) is 78.8 Å². The van der Waals surface area contributed by atoms with E-state index in [0.29, 0.717) is 29.9 Å². The number of aromatic nitrogens is 1. The van der Waals surface area contributed by atoms with Crippen molar-refractivity contribution in [1.29, 1.82) is 0 Å². The topological polar surface area (TPSA) is 88.4 Å². The summed E-state index contributed by atoms with van der Waals surface area (Å²) in [4.78, 5) is 29.7. The Kier molecular flexibility index (Phi) is 6.98. The molecule has 0 spiro atoms. The van der Waals surface area contributed by atoms with Crippen molar-refractivity contribution in [3.8, 4) is 11.3 Å². The number of anilines is 1. The summed E-state index contributed by atoms with van der Waals surface area (Å²) >= 11 is 1.48. The number of nitrogens with one attached hydrogen (secondary N) is 1. The summed E-state index contributed by atoms with van der Waals surface area (Å²) in [6, 6.07) is 22.1. The number of aryl methyl sites for hydroxylation is 1. The lowest BCUT2D eigenvalue weighted by Crippen LogP contribution is -2.23. The van der Waals surface area contributed by atoms with Gasteiger partial charge in [-0.05, 0) is 30.2 Å². The molecule has 0 radical (unpaired) electrons. The molecule has 8 heteroatoms. The van der Waals surface area contributed by atoms with Crippen LogP contribution in [-0.2, 0) is 13.1 Å². The molecular weight excluding hydrogens is 448 g/mol. The molecular formula is C26H24N4O3S. The second-order valence-electron chi connectivity index (χ2n) is 8.04. The van der Waals surface area contributed by atoms with Gasteiger partial charge in [-0.2, -0.15) is 0 Å². The van der Waals surface area contributed by atoms with Crippen molar-refractivity contribution in [2.24, 2.45) is 0 Å². The van der Waals surface area contributed by atoms with Gasteiger partial charge in [-0.25, -0.2) is 4.98 Å². The Balaban J connectivity index is 1.36. The lowest BCUT2D eigenvalue weighted by Gasteiger charge is -2.16. The molecule has 7 nitrogen and oxygen atoms in total. The van der Waals surface area contributed by atoms with Gasteiger partial charge in [-0.15, -0.1) is 11.3 Å². The zero-order valence-electron chi connectivity index (χ0n) is 18.9. The second kappa shape index (κ2) is 10.3. The molecule has 0 saturated heterocycles. The first-order valence-corrected chi connectivity index (χ1v) is 11.6. The van der Waals surface area contributed by atoms with Crippen molar-refractivity contribution in [2.75, 3.05) is 11.9 Å². The number of hydrogen-bond acceptors (Lipinski definition) is 6. The lowest BCUT2D eigenvalue weighted by atomic mass is 10.1. The van der Waals surface area contributed by atoms with Crippen LogP contribution in [0.3, 0.4) is 0 Å². The molecule has 0 aliphatic carbocycles. The molecule has 1 amide bonds. The number of benzene rings is 3. The van der Waals surface area contributed by atoms with Gasteiger partial charge in [0.25, 0.3) is 11.6 Å². The molecule has 0 saturated carbocycles. The molecule has 0 atom stereocenters. The van der Waals surface area contributed by atoms with E-state index in [2.05, 4.69) is 10.3 Å². The van der Waals surface area contributed by atoms with Crippen LogP contribution in [0.5, 0.6) is 0 Å². The van der Waals surface area contributed by atoms with Gasteiger partial charge in [0.1, 0.15) is 0 Å². The molecule has 0 bridgehead atoms. The van der Waals surface area contributed by atoms with Gasteiger partial charge in [0.05, 0.1) is 10.6 Å². The maximum Gasteiger partial charge on any atom is 0.270 e. The minimum Gasteiger partial charge on any atom is -0.348 e. The summed E-state index contributed by atoms with van der Waals surface area (Å²) in [6.45, 7) is 3.14. The Bertz CT molecular complexity index is 1300. The van der Waals surface area contributed by atoms with E-state index < -0.39 is 4.92 Å². The van der Waals surface area contributed by atoms with E-state index >= 15 is 0 Å². The molecule has 0 unspecified atom stereocenters. The molecule has 4 aromatic rings. The van der Waals surface area contributed by atoms with Crippen LogP contribution in [0.1, 0.15) is 27.0 Å². The molecule has 172 valence electrons. The molecule has 1 N–H and O–H groups in total. The number of amides is 1. The minimum absolute atomic E-state index is 0.0448. The highest BCUT2D eigenvalue weighted by Gasteiger charge is 2.13. The number of rotatable bonds is 8. The van der Waals surface area contributed by atoms with Gasteiger partial charge in [0, 0.05) is 48.8 Å². The first-order valence-electron chi connectivity index (χ1n) is 10.7. The Hall–Kier alpha value is -4.04. The minimum atomic E-state index is -0.407. The van der Waals surface area contributed by atoms with Crippen LogP contribution < -0.4 is 10.2 Å². The second-order valence-corrected chi connectivity index (χ2v) is 8.88. The van der Waals surface area contributed by atoms with E-state index in [-0.39, 0.29) is 11.6 Å². The molecule has 0 aliphatic rings. The lowest BCUT2D eigenvalue weighted by molar-refractivity contribution is -0.384. The molecule has 0 aliphatic heterocycles. The number of carbonyl (C=O) groups is 1. The number of hydrogen-bond donors (Lipinski definition) is 1. The first kappa shape index (κ1) is 23.1. The third kappa shape index (κ3) is 5.65. The molecule has 1 aromatic heterocycles. The van der Waals surface area contributed by atoms with Gasteiger partial charge in [-0.3, -0.25) is 14.9 Å². The molecule has 0 fully saturated rings. The highest BCUT2D eigenvalue weighted by molar-refractivity contribution is 7.14. The number of nitro benzene ring substituents is 1. The van der Waals surface area contributed by atoms with Crippen molar-refractivity contribution in [3.63, 3.8) is 0 Å². The highest BCUT2D eigenvalue weighted by atomic mass is 32.1. The zero-order valence-corrected chi connectivity index (χ0v) is 19.7. The molecule has 4 rings (SSSR count).